The van der Waals surface area contributed by atoms with Crippen LogP contribution in [0.15, 0.2) is 6.33 Å². The second-order valence-corrected chi connectivity index (χ2v) is 6.74. The number of nitrogens with zero attached hydrogens (tertiary/aromatic N) is 3. The van der Waals surface area contributed by atoms with E-state index in [1.807, 2.05) is 11.3 Å². The minimum atomic E-state index is 0.705. The molecular formula is C15H20N4OS. The van der Waals surface area contributed by atoms with Gasteiger partial charge in [0.25, 0.3) is 0 Å². The summed E-state index contributed by atoms with van der Waals surface area (Å²) >= 11 is 1.81. The summed E-state index contributed by atoms with van der Waals surface area (Å²) in [5.74, 6) is 0.787. The average Bonchev–Trinajstić information content (AvgIpc) is 3.09. The Morgan fingerprint density at radius 3 is 3.05 bits per heavy atom. The van der Waals surface area contributed by atoms with Crippen molar-refractivity contribution in [2.45, 2.75) is 19.3 Å². The van der Waals surface area contributed by atoms with E-state index in [0.717, 1.165) is 49.9 Å². The van der Waals surface area contributed by atoms with Gasteiger partial charge in [0.2, 0.25) is 5.88 Å². The highest BCUT2D eigenvalue weighted by Gasteiger charge is 2.22. The van der Waals surface area contributed by atoms with Crippen molar-refractivity contribution in [2.24, 2.45) is 0 Å². The Hall–Kier alpha value is -1.24. The molecule has 0 bridgehead atoms. The fourth-order valence-corrected chi connectivity index (χ4v) is 4.43. The minimum Gasteiger partial charge on any atom is -0.476 e. The number of aryl methyl sites for hydroxylation is 2. The van der Waals surface area contributed by atoms with Crippen LogP contribution in [0.25, 0.3) is 10.2 Å². The molecule has 1 aliphatic heterocycles. The van der Waals surface area contributed by atoms with Crippen molar-refractivity contribution in [3.63, 3.8) is 0 Å². The van der Waals surface area contributed by atoms with Crippen molar-refractivity contribution in [1.82, 2.24) is 20.2 Å². The van der Waals surface area contributed by atoms with Crippen molar-refractivity contribution < 1.29 is 4.74 Å². The van der Waals surface area contributed by atoms with E-state index in [9.17, 15) is 0 Å². The largest absolute Gasteiger partial charge is 0.476 e. The standard InChI is InChI=1S/C15H20N4OS/c1-2-11-12(3-1)21-15-13(11)14(17-10-18-15)20-9-8-19-6-4-16-5-7-19/h10,16H,1-9H2. The quantitative estimate of drug-likeness (QED) is 0.927. The van der Waals surface area contributed by atoms with E-state index in [1.54, 1.807) is 6.33 Å². The predicted octanol–water partition coefficient (Wildman–Crippen LogP) is 1.46. The summed E-state index contributed by atoms with van der Waals surface area (Å²) in [4.78, 5) is 13.8. The van der Waals surface area contributed by atoms with E-state index in [-0.39, 0.29) is 0 Å². The Bertz CT molecular complexity index is 636. The summed E-state index contributed by atoms with van der Waals surface area (Å²) in [5.41, 5.74) is 1.44. The normalized spacial score (nSPS) is 19.0. The molecule has 4 rings (SSSR count). The molecule has 0 aromatic carbocycles. The molecule has 0 spiro atoms. The van der Waals surface area contributed by atoms with E-state index < -0.39 is 0 Å². The number of aromatic nitrogens is 2. The molecule has 1 N–H and O–H groups in total. The Balaban J connectivity index is 1.48. The van der Waals surface area contributed by atoms with Crippen LogP contribution in [0, 0.1) is 0 Å². The second kappa shape index (κ2) is 5.87. The highest BCUT2D eigenvalue weighted by atomic mass is 32.1. The van der Waals surface area contributed by atoms with E-state index in [0.29, 0.717) is 6.61 Å². The molecule has 3 heterocycles. The summed E-state index contributed by atoms with van der Waals surface area (Å²) in [6.07, 6.45) is 5.23. The lowest BCUT2D eigenvalue weighted by Crippen LogP contribution is -2.44. The van der Waals surface area contributed by atoms with Crippen molar-refractivity contribution >= 4 is 21.6 Å². The van der Waals surface area contributed by atoms with Crippen molar-refractivity contribution in [3.05, 3.63) is 16.8 Å². The zero-order valence-corrected chi connectivity index (χ0v) is 12.9. The van der Waals surface area contributed by atoms with Crippen molar-refractivity contribution in [1.29, 1.82) is 0 Å². The average molecular weight is 304 g/mol. The third-order valence-electron chi connectivity index (χ3n) is 4.32. The Kier molecular flexibility index (Phi) is 3.75. The molecule has 1 aliphatic carbocycles. The monoisotopic (exact) mass is 304 g/mol. The number of fused-ring (bicyclic) bond motifs is 3. The first-order valence-electron chi connectivity index (χ1n) is 7.73. The molecule has 5 nitrogen and oxygen atoms in total. The number of rotatable bonds is 4. The molecule has 112 valence electrons. The molecule has 1 saturated heterocycles. The Morgan fingerprint density at radius 2 is 2.14 bits per heavy atom. The van der Waals surface area contributed by atoms with E-state index >= 15 is 0 Å². The zero-order valence-electron chi connectivity index (χ0n) is 12.1. The molecule has 6 heteroatoms. The molecule has 2 aromatic rings. The van der Waals surface area contributed by atoms with Crippen LogP contribution in [0.4, 0.5) is 0 Å². The van der Waals surface area contributed by atoms with Crippen molar-refractivity contribution in [2.75, 3.05) is 39.3 Å². The molecule has 0 amide bonds. The van der Waals surface area contributed by atoms with E-state index in [1.165, 1.54) is 28.7 Å². The van der Waals surface area contributed by atoms with Gasteiger partial charge in [0.1, 0.15) is 17.8 Å². The van der Waals surface area contributed by atoms with Gasteiger partial charge in [0, 0.05) is 37.6 Å². The van der Waals surface area contributed by atoms with Crippen LogP contribution >= 0.6 is 11.3 Å². The van der Waals surface area contributed by atoms with Gasteiger partial charge < -0.3 is 10.1 Å². The molecule has 0 saturated carbocycles. The van der Waals surface area contributed by atoms with Crippen LogP contribution in [-0.4, -0.2) is 54.2 Å². The Morgan fingerprint density at radius 1 is 1.24 bits per heavy atom. The van der Waals surface area contributed by atoms with E-state index in [4.69, 9.17) is 4.74 Å². The first-order valence-corrected chi connectivity index (χ1v) is 8.54. The third kappa shape index (κ3) is 2.63. The summed E-state index contributed by atoms with van der Waals surface area (Å²) in [5, 5.41) is 4.55. The maximum atomic E-state index is 6.00. The van der Waals surface area contributed by atoms with Crippen LogP contribution in [0.3, 0.4) is 0 Å². The van der Waals surface area contributed by atoms with Crippen LogP contribution in [0.2, 0.25) is 0 Å². The first-order chi connectivity index (χ1) is 10.4. The van der Waals surface area contributed by atoms with Gasteiger partial charge in [-0.1, -0.05) is 0 Å². The van der Waals surface area contributed by atoms with Crippen LogP contribution in [0.5, 0.6) is 5.88 Å². The molecule has 0 radical (unpaired) electrons. The number of piperazine rings is 1. The van der Waals surface area contributed by atoms with Crippen molar-refractivity contribution in [3.8, 4) is 5.88 Å². The van der Waals surface area contributed by atoms with E-state index in [2.05, 4.69) is 20.2 Å². The van der Waals surface area contributed by atoms with Gasteiger partial charge in [-0.05, 0) is 24.8 Å². The highest BCUT2D eigenvalue weighted by Crippen LogP contribution is 2.39. The molecule has 2 aromatic heterocycles. The number of thiophene rings is 1. The lowest BCUT2D eigenvalue weighted by Gasteiger charge is -2.26. The maximum Gasteiger partial charge on any atom is 0.225 e. The molecule has 1 fully saturated rings. The highest BCUT2D eigenvalue weighted by molar-refractivity contribution is 7.18. The van der Waals surface area contributed by atoms with Gasteiger partial charge in [0.05, 0.1) is 5.39 Å². The fourth-order valence-electron chi connectivity index (χ4n) is 3.22. The van der Waals surface area contributed by atoms with Crippen LogP contribution in [0.1, 0.15) is 16.9 Å². The Labute approximate surface area is 128 Å². The number of nitrogens with one attached hydrogen (secondary N) is 1. The van der Waals surface area contributed by atoms with Gasteiger partial charge in [0.15, 0.2) is 0 Å². The molecule has 2 aliphatic rings. The van der Waals surface area contributed by atoms with Gasteiger partial charge in [-0.15, -0.1) is 11.3 Å². The SMILES string of the molecule is c1nc(OCCN2CCNCC2)c2c3c(sc2n1)CCC3. The second-order valence-electron chi connectivity index (χ2n) is 5.66. The maximum absolute atomic E-state index is 6.00. The van der Waals surface area contributed by atoms with Gasteiger partial charge >= 0.3 is 0 Å². The zero-order chi connectivity index (χ0) is 14.1. The van der Waals surface area contributed by atoms with Gasteiger partial charge in [-0.25, -0.2) is 9.97 Å². The summed E-state index contributed by atoms with van der Waals surface area (Å²) in [6.45, 7) is 6.05. The van der Waals surface area contributed by atoms with Gasteiger partial charge in [-0.2, -0.15) is 0 Å². The number of ether oxygens (including phenoxy) is 1. The lowest BCUT2D eigenvalue weighted by atomic mass is 10.2. The van der Waals surface area contributed by atoms with Gasteiger partial charge in [-0.3, -0.25) is 4.90 Å². The van der Waals surface area contributed by atoms with Crippen LogP contribution in [-0.2, 0) is 12.8 Å². The predicted molar refractivity (Wildman–Crippen MR) is 84.2 cm³/mol. The summed E-state index contributed by atoms with van der Waals surface area (Å²) < 4.78 is 6.00. The molecular weight excluding hydrogens is 284 g/mol. The molecule has 0 unspecified atom stereocenters. The van der Waals surface area contributed by atoms with Crippen LogP contribution < -0.4 is 10.1 Å². The summed E-state index contributed by atoms with van der Waals surface area (Å²) in [7, 11) is 0. The molecule has 21 heavy (non-hydrogen) atoms. The lowest BCUT2D eigenvalue weighted by molar-refractivity contribution is 0.189. The first kappa shape index (κ1) is 13.4. The summed E-state index contributed by atoms with van der Waals surface area (Å²) in [6, 6.07) is 0. The topological polar surface area (TPSA) is 50.3 Å². The number of hydrogen-bond acceptors (Lipinski definition) is 6. The smallest absolute Gasteiger partial charge is 0.225 e. The fraction of sp³-hybridized carbons (Fsp3) is 0.600. The minimum absolute atomic E-state index is 0.705. The number of hydrogen-bond donors (Lipinski definition) is 1. The molecule has 0 atom stereocenters. The third-order valence-corrected chi connectivity index (χ3v) is 5.52.